The fourth-order valence-electron chi connectivity index (χ4n) is 1.40. The summed E-state index contributed by atoms with van der Waals surface area (Å²) in [6.07, 6.45) is 0. The zero-order valence-electron chi connectivity index (χ0n) is 8.50. The van der Waals surface area contributed by atoms with E-state index in [9.17, 15) is 9.18 Å². The van der Waals surface area contributed by atoms with Crippen molar-refractivity contribution in [2.75, 3.05) is 14.1 Å². The second-order valence-electron chi connectivity index (χ2n) is 3.44. The molecule has 0 saturated carbocycles. The third-order valence-corrected chi connectivity index (χ3v) is 2.33. The Morgan fingerprint density at radius 3 is 2.53 bits per heavy atom. The minimum atomic E-state index is -0.594. The number of rotatable bonds is 3. The lowest BCUT2D eigenvalue weighted by Crippen LogP contribution is -2.32. The predicted octanol–water partition coefficient (Wildman–Crippen LogP) is 1.57. The molecule has 0 fully saturated rings. The number of carbonyl (C=O) groups excluding carboxylic acids is 1. The maximum Gasteiger partial charge on any atom is 0.239 e. The van der Waals surface area contributed by atoms with E-state index in [1.165, 1.54) is 18.2 Å². The molecule has 1 amide bonds. The first-order chi connectivity index (χ1) is 6.93. The van der Waals surface area contributed by atoms with Crippen LogP contribution in [0.15, 0.2) is 18.2 Å². The number of amides is 1. The van der Waals surface area contributed by atoms with Crippen LogP contribution in [-0.2, 0) is 4.79 Å². The maximum atomic E-state index is 12.9. The van der Waals surface area contributed by atoms with Gasteiger partial charge in [0.1, 0.15) is 11.9 Å². The van der Waals surface area contributed by atoms with Gasteiger partial charge in [-0.2, -0.15) is 0 Å². The first-order valence-corrected chi connectivity index (χ1v) is 4.72. The normalized spacial score (nSPS) is 12.9. The fraction of sp³-hybridized carbons (Fsp3) is 0.300. The Balaban J connectivity index is 3.12. The van der Waals surface area contributed by atoms with Gasteiger partial charge >= 0.3 is 0 Å². The third-order valence-electron chi connectivity index (χ3n) is 2.05. The Labute approximate surface area is 92.6 Å². The molecule has 1 atom stereocenters. The molecule has 0 aliphatic rings. The van der Waals surface area contributed by atoms with Gasteiger partial charge in [-0.25, -0.2) is 4.39 Å². The smallest absolute Gasteiger partial charge is 0.239 e. The lowest BCUT2D eigenvalue weighted by Gasteiger charge is -2.21. The van der Waals surface area contributed by atoms with E-state index in [1.807, 2.05) is 0 Å². The van der Waals surface area contributed by atoms with Crippen molar-refractivity contribution in [1.82, 2.24) is 4.90 Å². The highest BCUT2D eigenvalue weighted by Crippen LogP contribution is 2.23. The number of carbonyl (C=O) groups is 1. The van der Waals surface area contributed by atoms with Crippen molar-refractivity contribution in [3.05, 3.63) is 34.6 Å². The number of nitrogens with zero attached hydrogens (tertiary/aromatic N) is 1. The molecule has 1 unspecified atom stereocenters. The van der Waals surface area contributed by atoms with E-state index in [1.54, 1.807) is 19.0 Å². The van der Waals surface area contributed by atoms with Gasteiger partial charge in [0.25, 0.3) is 0 Å². The number of nitrogens with two attached hydrogens (primary N) is 1. The Bertz CT molecular complexity index is 382. The second kappa shape index (κ2) is 4.59. The summed E-state index contributed by atoms with van der Waals surface area (Å²) in [6.45, 7) is 0. The molecule has 0 aliphatic carbocycles. The topological polar surface area (TPSA) is 46.3 Å². The van der Waals surface area contributed by atoms with E-state index >= 15 is 0 Å². The summed E-state index contributed by atoms with van der Waals surface area (Å²) >= 11 is 5.62. The van der Waals surface area contributed by atoms with Crippen LogP contribution >= 0.6 is 11.6 Å². The van der Waals surface area contributed by atoms with Crippen molar-refractivity contribution in [2.45, 2.75) is 6.04 Å². The zero-order valence-corrected chi connectivity index (χ0v) is 9.25. The second-order valence-corrected chi connectivity index (χ2v) is 3.85. The molecule has 0 aromatic heterocycles. The van der Waals surface area contributed by atoms with Gasteiger partial charge in [0.2, 0.25) is 5.91 Å². The highest BCUT2D eigenvalue weighted by Gasteiger charge is 2.20. The first kappa shape index (κ1) is 11.9. The lowest BCUT2D eigenvalue weighted by atomic mass is 10.1. The van der Waals surface area contributed by atoms with Gasteiger partial charge < -0.3 is 5.73 Å². The zero-order chi connectivity index (χ0) is 11.6. The summed E-state index contributed by atoms with van der Waals surface area (Å²) in [5.41, 5.74) is 5.82. The fourth-order valence-corrected chi connectivity index (χ4v) is 1.59. The molecule has 0 bridgehead atoms. The highest BCUT2D eigenvalue weighted by atomic mass is 35.5. The van der Waals surface area contributed by atoms with Crippen molar-refractivity contribution >= 4 is 17.5 Å². The van der Waals surface area contributed by atoms with E-state index in [-0.39, 0.29) is 5.02 Å². The van der Waals surface area contributed by atoms with E-state index < -0.39 is 17.8 Å². The van der Waals surface area contributed by atoms with Gasteiger partial charge in [-0.05, 0) is 31.8 Å². The average Bonchev–Trinajstić information content (AvgIpc) is 2.10. The summed E-state index contributed by atoms with van der Waals surface area (Å²) in [5.74, 6) is -1.01. The molecule has 0 aliphatic heterocycles. The molecule has 3 nitrogen and oxygen atoms in total. The Kier molecular flexibility index (Phi) is 3.66. The van der Waals surface area contributed by atoms with Crippen LogP contribution in [0.25, 0.3) is 0 Å². The summed E-state index contributed by atoms with van der Waals surface area (Å²) in [7, 11) is 3.43. The van der Waals surface area contributed by atoms with E-state index in [2.05, 4.69) is 0 Å². The standard InChI is InChI=1S/C10H12ClFN2O/c1-14(2)9(10(13)15)6-3-4-8(12)7(11)5-6/h3-5,9H,1-2H3,(H2,13,15). The van der Waals surface area contributed by atoms with Gasteiger partial charge in [-0.15, -0.1) is 0 Å². The Morgan fingerprint density at radius 2 is 2.13 bits per heavy atom. The van der Waals surface area contributed by atoms with Gasteiger partial charge in [0.05, 0.1) is 5.02 Å². The van der Waals surface area contributed by atoms with E-state index in [0.29, 0.717) is 5.56 Å². The molecule has 15 heavy (non-hydrogen) atoms. The summed E-state index contributed by atoms with van der Waals surface area (Å²) in [4.78, 5) is 12.8. The largest absolute Gasteiger partial charge is 0.368 e. The van der Waals surface area contributed by atoms with Crippen LogP contribution in [0.5, 0.6) is 0 Å². The van der Waals surface area contributed by atoms with Gasteiger partial charge in [-0.3, -0.25) is 9.69 Å². The molecule has 1 aromatic carbocycles. The molecule has 0 spiro atoms. The van der Waals surface area contributed by atoms with E-state index in [4.69, 9.17) is 17.3 Å². The molecule has 0 radical (unpaired) electrons. The summed E-state index contributed by atoms with van der Waals surface area (Å²) in [6, 6.07) is 3.53. The molecular weight excluding hydrogens is 219 g/mol. The maximum absolute atomic E-state index is 12.9. The van der Waals surface area contributed by atoms with Crippen LogP contribution in [0.3, 0.4) is 0 Å². The van der Waals surface area contributed by atoms with Crippen molar-refractivity contribution < 1.29 is 9.18 Å². The molecule has 0 saturated heterocycles. The van der Waals surface area contributed by atoms with Crippen molar-refractivity contribution in [1.29, 1.82) is 0 Å². The van der Waals surface area contributed by atoms with Crippen LogP contribution in [0, 0.1) is 5.82 Å². The van der Waals surface area contributed by atoms with Gasteiger partial charge in [0, 0.05) is 0 Å². The monoisotopic (exact) mass is 230 g/mol. The Morgan fingerprint density at radius 1 is 1.53 bits per heavy atom. The van der Waals surface area contributed by atoms with Gasteiger partial charge in [0.15, 0.2) is 0 Å². The number of hydrogen-bond donors (Lipinski definition) is 1. The minimum Gasteiger partial charge on any atom is -0.368 e. The van der Waals surface area contributed by atoms with Gasteiger partial charge in [-0.1, -0.05) is 17.7 Å². The van der Waals surface area contributed by atoms with Crippen molar-refractivity contribution in [2.24, 2.45) is 5.73 Å². The molecule has 2 N–H and O–H groups in total. The van der Waals surface area contributed by atoms with Crippen LogP contribution in [-0.4, -0.2) is 24.9 Å². The van der Waals surface area contributed by atoms with Crippen LogP contribution < -0.4 is 5.73 Å². The Hall–Kier alpha value is -1.13. The molecule has 0 heterocycles. The highest BCUT2D eigenvalue weighted by molar-refractivity contribution is 6.30. The molecule has 1 aromatic rings. The molecular formula is C10H12ClFN2O. The van der Waals surface area contributed by atoms with Crippen LogP contribution in [0.4, 0.5) is 4.39 Å². The van der Waals surface area contributed by atoms with Crippen LogP contribution in [0.2, 0.25) is 5.02 Å². The van der Waals surface area contributed by atoms with Crippen LogP contribution in [0.1, 0.15) is 11.6 Å². The first-order valence-electron chi connectivity index (χ1n) is 4.34. The SMILES string of the molecule is CN(C)C(C(N)=O)c1ccc(F)c(Cl)c1. The van der Waals surface area contributed by atoms with Crippen molar-refractivity contribution in [3.63, 3.8) is 0 Å². The number of likely N-dealkylation sites (N-methyl/N-ethyl adjacent to an activating group) is 1. The lowest BCUT2D eigenvalue weighted by molar-refractivity contribution is -0.122. The van der Waals surface area contributed by atoms with E-state index in [0.717, 1.165) is 0 Å². The quantitative estimate of drug-likeness (QED) is 0.857. The number of benzene rings is 1. The predicted molar refractivity (Wildman–Crippen MR) is 57.0 cm³/mol. The number of halogens is 2. The third kappa shape index (κ3) is 2.67. The summed E-state index contributed by atoms with van der Waals surface area (Å²) in [5, 5.41) is -0.0133. The molecule has 82 valence electrons. The minimum absolute atomic E-state index is 0.0133. The average molecular weight is 231 g/mol. The van der Waals surface area contributed by atoms with Crippen molar-refractivity contribution in [3.8, 4) is 0 Å². The molecule has 1 rings (SSSR count). The number of hydrogen-bond acceptors (Lipinski definition) is 2. The number of primary amides is 1. The summed E-state index contributed by atoms with van der Waals surface area (Å²) < 4.78 is 12.9. The molecule has 5 heteroatoms.